The summed E-state index contributed by atoms with van der Waals surface area (Å²) >= 11 is 0. The van der Waals surface area contributed by atoms with Crippen LogP contribution in [0.1, 0.15) is 24.1 Å². The van der Waals surface area contributed by atoms with Crippen molar-refractivity contribution in [1.29, 1.82) is 0 Å². The Kier molecular flexibility index (Phi) is 4.43. The van der Waals surface area contributed by atoms with Crippen LogP contribution in [0.2, 0.25) is 0 Å². The molecule has 0 radical (unpaired) electrons. The molecule has 0 aliphatic heterocycles. The number of anilines is 1. The molecule has 4 rings (SSSR count). The zero-order valence-electron chi connectivity index (χ0n) is 14.9. The normalized spacial score (nSPS) is 15.3. The van der Waals surface area contributed by atoms with Gasteiger partial charge in [0.2, 0.25) is 5.91 Å². The quantitative estimate of drug-likeness (QED) is 0.624. The van der Waals surface area contributed by atoms with Crippen LogP contribution in [0.3, 0.4) is 0 Å². The minimum Gasteiger partial charge on any atom is -0.322 e. The van der Waals surface area contributed by atoms with Crippen molar-refractivity contribution in [3.05, 3.63) is 59.0 Å². The van der Waals surface area contributed by atoms with Gasteiger partial charge in [-0.2, -0.15) is 5.10 Å². The van der Waals surface area contributed by atoms with Crippen LogP contribution >= 0.6 is 0 Å². The van der Waals surface area contributed by atoms with Gasteiger partial charge in [-0.3, -0.25) is 9.89 Å². The summed E-state index contributed by atoms with van der Waals surface area (Å²) in [5.41, 5.74) is 0.811. The predicted octanol–water partition coefficient (Wildman–Crippen LogP) is 3.84. The second-order valence-corrected chi connectivity index (χ2v) is 6.78. The predicted molar refractivity (Wildman–Crippen MR) is 101 cm³/mol. The summed E-state index contributed by atoms with van der Waals surface area (Å²) in [6.07, 6.45) is 4.57. The van der Waals surface area contributed by atoms with E-state index in [0.717, 1.165) is 12.1 Å². The minimum absolute atomic E-state index is 0.0582. The molecule has 0 atom stereocenters. The molecule has 1 fully saturated rings. The van der Waals surface area contributed by atoms with Crippen LogP contribution in [0, 0.1) is 17.5 Å². The van der Waals surface area contributed by atoms with Crippen molar-refractivity contribution in [3.8, 4) is 0 Å². The molecule has 8 heteroatoms. The molecule has 2 aromatic carbocycles. The molecule has 1 heterocycles. The molecular weight excluding hydrogens is 369 g/mol. The van der Waals surface area contributed by atoms with Gasteiger partial charge in [0, 0.05) is 11.5 Å². The zero-order chi connectivity index (χ0) is 19.9. The van der Waals surface area contributed by atoms with Crippen LogP contribution in [0.4, 0.5) is 18.9 Å². The smallest absolute Gasteiger partial charge is 0.244 e. The highest BCUT2D eigenvalue weighted by Gasteiger charge is 2.48. The van der Waals surface area contributed by atoms with E-state index >= 15 is 0 Å². The topological polar surface area (TPSA) is 69.8 Å². The van der Waals surface area contributed by atoms with E-state index in [0.29, 0.717) is 35.0 Å². The van der Waals surface area contributed by atoms with Gasteiger partial charge >= 0.3 is 0 Å². The Labute approximate surface area is 158 Å². The lowest BCUT2D eigenvalue weighted by Gasteiger charge is -2.14. The Balaban J connectivity index is 1.64. The molecule has 1 saturated carbocycles. The van der Waals surface area contributed by atoms with Crippen LogP contribution < -0.4 is 10.6 Å². The standard InChI is InChI=1S/C20H17F3N4O/c1-24-20(6-7-20)19(28)25-18-9-12-16(26-27-17(12)10-15(18)23)5-3-11-2-4-13(21)14(22)8-11/h2-5,8-10,24H,6-7H2,1H3,(H,25,28)(H,26,27)/b5-3+. The van der Waals surface area contributed by atoms with Crippen LogP contribution in [-0.2, 0) is 4.79 Å². The summed E-state index contributed by atoms with van der Waals surface area (Å²) in [5, 5.41) is 13.0. The molecule has 28 heavy (non-hydrogen) atoms. The van der Waals surface area contributed by atoms with E-state index < -0.39 is 23.0 Å². The third kappa shape index (κ3) is 3.27. The van der Waals surface area contributed by atoms with Crippen molar-refractivity contribution < 1.29 is 18.0 Å². The number of nitrogens with zero attached hydrogens (tertiary/aromatic N) is 1. The van der Waals surface area contributed by atoms with E-state index in [9.17, 15) is 18.0 Å². The van der Waals surface area contributed by atoms with Gasteiger partial charge in [0.15, 0.2) is 11.6 Å². The fraction of sp³-hybridized carbons (Fsp3) is 0.200. The Bertz CT molecular complexity index is 1100. The number of amides is 1. The molecule has 1 aliphatic carbocycles. The number of carbonyl (C=O) groups is 1. The molecule has 1 aliphatic rings. The highest BCUT2D eigenvalue weighted by Crippen LogP contribution is 2.36. The molecule has 5 nitrogen and oxygen atoms in total. The average Bonchev–Trinajstić information content (AvgIpc) is 3.39. The average molecular weight is 386 g/mol. The number of likely N-dealkylation sites (N-methyl/N-ethyl adjacent to an activating group) is 1. The van der Waals surface area contributed by atoms with E-state index in [2.05, 4.69) is 20.8 Å². The van der Waals surface area contributed by atoms with Gasteiger partial charge in [0.05, 0.1) is 22.4 Å². The van der Waals surface area contributed by atoms with Crippen LogP contribution in [-0.4, -0.2) is 28.7 Å². The van der Waals surface area contributed by atoms with Gasteiger partial charge in [-0.05, 0) is 49.7 Å². The molecule has 3 aromatic rings. The van der Waals surface area contributed by atoms with Gasteiger partial charge in [0.25, 0.3) is 0 Å². The van der Waals surface area contributed by atoms with E-state index in [1.54, 1.807) is 19.2 Å². The van der Waals surface area contributed by atoms with E-state index in [1.807, 2.05) is 0 Å². The number of nitrogens with one attached hydrogen (secondary N) is 3. The number of H-pyrrole nitrogens is 1. The van der Waals surface area contributed by atoms with Crippen molar-refractivity contribution in [2.24, 2.45) is 0 Å². The molecule has 0 saturated heterocycles. The second-order valence-electron chi connectivity index (χ2n) is 6.78. The summed E-state index contributed by atoms with van der Waals surface area (Å²) in [6, 6.07) is 6.30. The van der Waals surface area contributed by atoms with E-state index in [1.165, 1.54) is 18.2 Å². The third-order valence-electron chi connectivity index (χ3n) is 4.97. The Morgan fingerprint density at radius 1 is 1.11 bits per heavy atom. The maximum absolute atomic E-state index is 14.4. The van der Waals surface area contributed by atoms with E-state index in [4.69, 9.17) is 0 Å². The van der Waals surface area contributed by atoms with Crippen LogP contribution in [0.5, 0.6) is 0 Å². The first-order valence-corrected chi connectivity index (χ1v) is 8.73. The maximum atomic E-state index is 14.4. The first kappa shape index (κ1) is 18.2. The summed E-state index contributed by atoms with van der Waals surface area (Å²) in [5.74, 6) is -2.73. The third-order valence-corrected chi connectivity index (χ3v) is 4.97. The van der Waals surface area contributed by atoms with Crippen molar-refractivity contribution >= 4 is 34.6 Å². The number of fused-ring (bicyclic) bond motifs is 1. The lowest BCUT2D eigenvalue weighted by atomic mass is 10.1. The molecule has 3 N–H and O–H groups in total. The molecule has 0 spiro atoms. The highest BCUT2D eigenvalue weighted by molar-refractivity contribution is 6.02. The molecule has 1 aromatic heterocycles. The van der Waals surface area contributed by atoms with Gasteiger partial charge in [-0.25, -0.2) is 13.2 Å². The van der Waals surface area contributed by atoms with Crippen molar-refractivity contribution in [1.82, 2.24) is 15.5 Å². The maximum Gasteiger partial charge on any atom is 0.244 e. The monoisotopic (exact) mass is 386 g/mol. The van der Waals surface area contributed by atoms with Crippen LogP contribution in [0.25, 0.3) is 23.1 Å². The Hall–Kier alpha value is -3.13. The SMILES string of the molecule is CNC1(C(=O)Nc2cc3c(/C=C/c4ccc(F)c(F)c4)n[nH]c3cc2F)CC1. The largest absolute Gasteiger partial charge is 0.322 e. The van der Waals surface area contributed by atoms with Crippen molar-refractivity contribution in [2.45, 2.75) is 18.4 Å². The molecule has 144 valence electrons. The Morgan fingerprint density at radius 3 is 2.57 bits per heavy atom. The number of aromatic amines is 1. The first-order chi connectivity index (χ1) is 13.4. The molecule has 0 unspecified atom stereocenters. The fourth-order valence-electron chi connectivity index (χ4n) is 3.03. The fourth-order valence-corrected chi connectivity index (χ4v) is 3.03. The number of benzene rings is 2. The van der Waals surface area contributed by atoms with Gasteiger partial charge in [0.1, 0.15) is 5.82 Å². The molecule has 1 amide bonds. The summed E-state index contributed by atoms with van der Waals surface area (Å²) < 4.78 is 40.7. The van der Waals surface area contributed by atoms with Crippen molar-refractivity contribution in [3.63, 3.8) is 0 Å². The number of rotatable bonds is 5. The number of hydrogen-bond donors (Lipinski definition) is 3. The van der Waals surface area contributed by atoms with Gasteiger partial charge in [-0.15, -0.1) is 0 Å². The van der Waals surface area contributed by atoms with E-state index in [-0.39, 0.29) is 11.6 Å². The highest BCUT2D eigenvalue weighted by atomic mass is 19.2. The summed E-state index contributed by atoms with van der Waals surface area (Å²) in [6.45, 7) is 0. The van der Waals surface area contributed by atoms with Crippen LogP contribution in [0.15, 0.2) is 30.3 Å². The molecular formula is C20H17F3N4O. The zero-order valence-corrected chi connectivity index (χ0v) is 14.9. The number of halogens is 3. The van der Waals surface area contributed by atoms with Gasteiger partial charge < -0.3 is 10.6 Å². The van der Waals surface area contributed by atoms with Gasteiger partial charge in [-0.1, -0.05) is 12.1 Å². The first-order valence-electron chi connectivity index (χ1n) is 8.73. The number of aromatic nitrogens is 2. The summed E-state index contributed by atoms with van der Waals surface area (Å²) in [7, 11) is 1.70. The van der Waals surface area contributed by atoms with Crippen molar-refractivity contribution in [2.75, 3.05) is 12.4 Å². The summed E-state index contributed by atoms with van der Waals surface area (Å²) in [4.78, 5) is 12.4. The number of carbonyl (C=O) groups excluding carboxylic acids is 1. The number of hydrogen-bond acceptors (Lipinski definition) is 3. The minimum atomic E-state index is -0.945. The lowest BCUT2D eigenvalue weighted by molar-refractivity contribution is -0.119. The molecule has 0 bridgehead atoms. The second kappa shape index (κ2) is 6.79. The lowest BCUT2D eigenvalue weighted by Crippen LogP contribution is -2.40. The Morgan fingerprint density at radius 2 is 1.89 bits per heavy atom.